The fraction of sp³-hybridized carbons (Fsp3) is 0.389. The Labute approximate surface area is 173 Å². The summed E-state index contributed by atoms with van der Waals surface area (Å²) in [7, 11) is -4.11. The van der Waals surface area contributed by atoms with Crippen LogP contribution in [0.3, 0.4) is 0 Å². The van der Waals surface area contributed by atoms with E-state index in [9.17, 15) is 23.1 Å². The molecule has 0 saturated heterocycles. The van der Waals surface area contributed by atoms with Gasteiger partial charge in [-0.3, -0.25) is 9.59 Å². The summed E-state index contributed by atoms with van der Waals surface area (Å²) in [5.41, 5.74) is 6.13. The molecule has 1 heterocycles. The molecular weight excluding hydrogens is 420 g/mol. The summed E-state index contributed by atoms with van der Waals surface area (Å²) in [6.45, 7) is 2.14. The highest BCUT2D eigenvalue weighted by molar-refractivity contribution is 7.90. The molecule has 0 radical (unpaired) electrons. The first-order chi connectivity index (χ1) is 13.7. The number of benzene rings is 1. The fourth-order valence-electron chi connectivity index (χ4n) is 2.73. The van der Waals surface area contributed by atoms with Crippen molar-refractivity contribution in [2.75, 3.05) is 0 Å². The maximum atomic E-state index is 12.2. The van der Waals surface area contributed by atoms with E-state index in [4.69, 9.17) is 17.3 Å². The summed E-state index contributed by atoms with van der Waals surface area (Å²) >= 11 is 6.12. The van der Waals surface area contributed by atoms with E-state index in [1.165, 1.54) is 12.1 Å². The number of hydrogen-bond donors (Lipinski definition) is 3. The number of halogens is 1. The smallest absolute Gasteiger partial charge is 0.264 e. The molecule has 11 heteroatoms. The Balaban J connectivity index is 2.21. The number of aliphatic hydroxyl groups excluding tert-OH is 1. The van der Waals surface area contributed by atoms with Gasteiger partial charge in [-0.25, -0.2) is 18.1 Å². The van der Waals surface area contributed by atoms with Gasteiger partial charge >= 0.3 is 0 Å². The average Bonchev–Trinajstić information content (AvgIpc) is 2.93. The van der Waals surface area contributed by atoms with Gasteiger partial charge in [0.15, 0.2) is 5.15 Å². The molecule has 29 heavy (non-hydrogen) atoms. The van der Waals surface area contributed by atoms with E-state index in [-0.39, 0.29) is 16.7 Å². The Kier molecular flexibility index (Phi) is 7.77. The Hall–Kier alpha value is -2.43. The lowest BCUT2D eigenvalue weighted by Crippen LogP contribution is -2.33. The number of hydrogen-bond acceptors (Lipinski definition) is 6. The molecule has 0 atom stereocenters. The lowest BCUT2D eigenvalue weighted by molar-refractivity contribution is -0.126. The molecule has 0 aliphatic heterocycles. The van der Waals surface area contributed by atoms with Crippen LogP contribution in [0.2, 0.25) is 5.15 Å². The zero-order valence-corrected chi connectivity index (χ0v) is 17.5. The predicted octanol–water partition coefficient (Wildman–Crippen LogP) is 1.10. The molecule has 0 bridgehead atoms. The molecule has 1 aromatic carbocycles. The topological polar surface area (TPSA) is 144 Å². The molecular formula is C18H23ClN4O5S. The Morgan fingerprint density at radius 2 is 1.93 bits per heavy atom. The van der Waals surface area contributed by atoms with Crippen molar-refractivity contribution in [2.24, 2.45) is 5.73 Å². The second-order valence-corrected chi connectivity index (χ2v) is 8.47. The molecule has 0 unspecified atom stereocenters. The molecule has 1 aromatic heterocycles. The first-order valence-corrected chi connectivity index (χ1v) is 10.8. The molecule has 2 amide bonds. The highest BCUT2D eigenvalue weighted by atomic mass is 35.5. The number of nitrogens with two attached hydrogens (primary N) is 1. The zero-order valence-electron chi connectivity index (χ0n) is 15.9. The summed E-state index contributed by atoms with van der Waals surface area (Å²) in [4.78, 5) is 26.4. The normalized spacial score (nSPS) is 11.4. The number of rotatable bonds is 10. The van der Waals surface area contributed by atoms with Crippen molar-refractivity contribution in [1.29, 1.82) is 0 Å². The molecule has 0 fully saturated rings. The molecule has 158 valence electrons. The van der Waals surface area contributed by atoms with E-state index in [0.29, 0.717) is 18.7 Å². The van der Waals surface area contributed by atoms with Gasteiger partial charge in [0.2, 0.25) is 11.8 Å². The summed E-state index contributed by atoms with van der Waals surface area (Å²) < 4.78 is 28.0. The fourth-order valence-corrected chi connectivity index (χ4v) is 3.97. The van der Waals surface area contributed by atoms with Crippen molar-refractivity contribution in [3.8, 4) is 0 Å². The molecule has 0 saturated carbocycles. The maximum absolute atomic E-state index is 12.2. The number of primary amides is 1. The van der Waals surface area contributed by atoms with Crippen LogP contribution in [0.1, 0.15) is 43.3 Å². The predicted molar refractivity (Wildman–Crippen MR) is 106 cm³/mol. The summed E-state index contributed by atoms with van der Waals surface area (Å²) in [6.07, 6.45) is 1.88. The quantitative estimate of drug-likeness (QED) is 0.470. The molecule has 0 aliphatic rings. The maximum Gasteiger partial charge on any atom is 0.264 e. The number of aliphatic hydroxyl groups is 1. The molecule has 4 N–H and O–H groups in total. The minimum absolute atomic E-state index is 0.128. The van der Waals surface area contributed by atoms with Gasteiger partial charge in [0, 0.05) is 13.0 Å². The van der Waals surface area contributed by atoms with Gasteiger partial charge < -0.3 is 15.4 Å². The monoisotopic (exact) mass is 442 g/mol. The number of nitrogens with one attached hydrogen (secondary N) is 1. The van der Waals surface area contributed by atoms with Gasteiger partial charge in [-0.15, -0.1) is 0 Å². The first-order valence-electron chi connectivity index (χ1n) is 8.95. The number of carbonyl (C=O) groups is 2. The average molecular weight is 443 g/mol. The summed E-state index contributed by atoms with van der Waals surface area (Å²) in [5.74, 6) is -1.18. The van der Waals surface area contributed by atoms with Crippen LogP contribution < -0.4 is 10.5 Å². The Morgan fingerprint density at radius 1 is 1.28 bits per heavy atom. The van der Waals surface area contributed by atoms with Crippen molar-refractivity contribution in [1.82, 2.24) is 14.3 Å². The van der Waals surface area contributed by atoms with Gasteiger partial charge in [0.1, 0.15) is 12.2 Å². The second kappa shape index (κ2) is 9.86. The van der Waals surface area contributed by atoms with Crippen molar-refractivity contribution in [3.05, 3.63) is 46.5 Å². The van der Waals surface area contributed by atoms with Crippen LogP contribution in [-0.4, -0.2) is 34.9 Å². The largest absolute Gasteiger partial charge is 0.390 e. The van der Waals surface area contributed by atoms with Gasteiger partial charge in [0.25, 0.3) is 10.0 Å². The van der Waals surface area contributed by atoms with E-state index in [2.05, 4.69) is 11.9 Å². The third-order valence-electron chi connectivity index (χ3n) is 4.16. The van der Waals surface area contributed by atoms with E-state index < -0.39 is 28.3 Å². The number of nitrogens with zero attached hydrogens (tertiary/aromatic N) is 2. The SMILES string of the molecule is CCCCc1nc(Cl)c(CO)n1Cc1ccc(S(=O)(=O)NC(=O)CC(N)=O)cc1. The summed E-state index contributed by atoms with van der Waals surface area (Å²) in [5, 5.41) is 9.86. The summed E-state index contributed by atoms with van der Waals surface area (Å²) in [6, 6.07) is 5.87. The minimum atomic E-state index is -4.11. The van der Waals surface area contributed by atoms with E-state index in [1.807, 2.05) is 4.57 Å². The molecule has 2 rings (SSSR count). The van der Waals surface area contributed by atoms with Gasteiger partial charge in [0.05, 0.1) is 17.2 Å². The van der Waals surface area contributed by atoms with Crippen LogP contribution in [0.15, 0.2) is 29.2 Å². The Morgan fingerprint density at radius 3 is 2.48 bits per heavy atom. The first kappa shape index (κ1) is 22.9. The second-order valence-electron chi connectivity index (χ2n) is 6.43. The van der Waals surface area contributed by atoms with Crippen molar-refractivity contribution in [3.63, 3.8) is 0 Å². The number of imidazole rings is 1. The number of aryl methyl sites for hydroxylation is 1. The third-order valence-corrected chi connectivity index (χ3v) is 5.86. The Bertz CT molecular complexity index is 986. The van der Waals surface area contributed by atoms with Crippen LogP contribution in [0.4, 0.5) is 0 Å². The van der Waals surface area contributed by atoms with Crippen LogP contribution in [0, 0.1) is 0 Å². The van der Waals surface area contributed by atoms with E-state index >= 15 is 0 Å². The molecule has 0 aliphatic carbocycles. The number of unbranched alkanes of at least 4 members (excludes halogenated alkanes) is 1. The number of aromatic nitrogens is 2. The number of carbonyl (C=O) groups excluding carboxylic acids is 2. The van der Waals surface area contributed by atoms with E-state index in [1.54, 1.807) is 16.9 Å². The van der Waals surface area contributed by atoms with Crippen LogP contribution in [-0.2, 0) is 39.2 Å². The van der Waals surface area contributed by atoms with E-state index in [0.717, 1.165) is 24.2 Å². The van der Waals surface area contributed by atoms with Gasteiger partial charge in [-0.2, -0.15) is 0 Å². The van der Waals surface area contributed by atoms with Gasteiger partial charge in [-0.1, -0.05) is 37.1 Å². The lowest BCUT2D eigenvalue weighted by Gasteiger charge is -2.12. The standard InChI is InChI=1S/C18H23ClN4O5S/c1-2-3-4-16-21-18(19)14(11-24)23(16)10-12-5-7-13(8-6-12)29(27,28)22-17(26)9-15(20)25/h5-8,24H,2-4,9-11H2,1H3,(H2,20,25)(H,22,26). The van der Waals surface area contributed by atoms with Crippen molar-refractivity contribution < 1.29 is 23.1 Å². The van der Waals surface area contributed by atoms with Crippen molar-refractivity contribution >= 4 is 33.4 Å². The zero-order chi connectivity index (χ0) is 21.6. The van der Waals surface area contributed by atoms with Crippen LogP contribution in [0.25, 0.3) is 0 Å². The van der Waals surface area contributed by atoms with Crippen molar-refractivity contribution in [2.45, 2.75) is 50.7 Å². The van der Waals surface area contributed by atoms with Crippen LogP contribution in [0.5, 0.6) is 0 Å². The number of amides is 2. The molecule has 0 spiro atoms. The highest BCUT2D eigenvalue weighted by Gasteiger charge is 2.19. The van der Waals surface area contributed by atoms with Gasteiger partial charge in [-0.05, 0) is 24.1 Å². The molecule has 9 nitrogen and oxygen atoms in total. The van der Waals surface area contributed by atoms with Crippen LogP contribution >= 0.6 is 11.6 Å². The lowest BCUT2D eigenvalue weighted by atomic mass is 10.2. The highest BCUT2D eigenvalue weighted by Crippen LogP contribution is 2.21. The third kappa shape index (κ3) is 6.02. The minimum Gasteiger partial charge on any atom is -0.390 e. The molecule has 2 aromatic rings. The number of sulfonamides is 1.